The lowest BCUT2D eigenvalue weighted by molar-refractivity contribution is 0.0654. The summed E-state index contributed by atoms with van der Waals surface area (Å²) in [5, 5.41) is 30.6. The van der Waals surface area contributed by atoms with E-state index in [4.69, 9.17) is 4.74 Å². The van der Waals surface area contributed by atoms with E-state index in [1.54, 1.807) is 12.3 Å². The van der Waals surface area contributed by atoms with Crippen molar-refractivity contribution in [1.29, 1.82) is 0 Å². The molecule has 0 atom stereocenters. The lowest BCUT2D eigenvalue weighted by Gasteiger charge is -2.26. The molecule has 2 heterocycles. The lowest BCUT2D eigenvalue weighted by atomic mass is 9.95. The van der Waals surface area contributed by atoms with Gasteiger partial charge >= 0.3 is 0 Å². The average Bonchev–Trinajstić information content (AvgIpc) is 3.19. The number of aliphatic hydroxyl groups excluding tert-OH is 2. The zero-order chi connectivity index (χ0) is 21.4. The molecule has 1 aliphatic rings. The van der Waals surface area contributed by atoms with Crippen LogP contribution in [0.5, 0.6) is 5.75 Å². The number of benzene rings is 2. The van der Waals surface area contributed by atoms with Crippen molar-refractivity contribution in [3.05, 3.63) is 48.0 Å². The van der Waals surface area contributed by atoms with E-state index in [2.05, 4.69) is 25.5 Å². The van der Waals surface area contributed by atoms with Gasteiger partial charge in [-0.3, -0.25) is 5.10 Å². The fourth-order valence-corrected chi connectivity index (χ4v) is 3.95. The molecule has 9 heteroatoms. The van der Waals surface area contributed by atoms with Crippen LogP contribution in [0.3, 0.4) is 0 Å². The molecule has 1 fully saturated rings. The van der Waals surface area contributed by atoms with Gasteiger partial charge in [0.1, 0.15) is 5.52 Å². The molecule has 0 aliphatic heterocycles. The molecule has 4 aromatic rings. The molecule has 0 spiro atoms. The monoisotopic (exact) mass is 423 g/mol. The van der Waals surface area contributed by atoms with E-state index in [-0.39, 0.29) is 24.6 Å². The van der Waals surface area contributed by atoms with E-state index in [0.717, 1.165) is 16.6 Å². The summed E-state index contributed by atoms with van der Waals surface area (Å²) >= 11 is 0. The Morgan fingerprint density at radius 2 is 2.00 bits per heavy atom. The molecule has 31 heavy (non-hydrogen) atoms. The third kappa shape index (κ3) is 3.89. The van der Waals surface area contributed by atoms with E-state index in [1.807, 2.05) is 18.2 Å². The topological polar surface area (TPSA) is 116 Å². The molecule has 0 unspecified atom stereocenters. The van der Waals surface area contributed by atoms with Crippen molar-refractivity contribution in [2.75, 3.05) is 5.32 Å². The second kappa shape index (κ2) is 8.09. The van der Waals surface area contributed by atoms with Gasteiger partial charge in [0.2, 0.25) is 5.95 Å². The Morgan fingerprint density at radius 3 is 2.81 bits per heavy atom. The Labute approximate surface area is 177 Å². The van der Waals surface area contributed by atoms with E-state index in [9.17, 15) is 14.6 Å². The van der Waals surface area contributed by atoms with Crippen molar-refractivity contribution in [2.45, 2.75) is 44.5 Å². The fraction of sp³-hybridized carbons (Fsp3) is 0.318. The number of ether oxygens (including phenoxy) is 1. The number of nitrogens with one attached hydrogen (secondary N) is 2. The first-order valence-electron chi connectivity index (χ1n) is 10.3. The minimum atomic E-state index is -0.473. The highest BCUT2D eigenvalue weighted by Gasteiger charge is 2.23. The Kier molecular flexibility index (Phi) is 5.13. The van der Waals surface area contributed by atoms with Crippen molar-refractivity contribution in [2.24, 2.45) is 0 Å². The standard InChI is InChI=1S/C22H22FN5O3/c23-17-8-1-12-10-24-22(25-13-2-7-16-18(9-13)27-28-19(16)11-29)26-20(12)21(17)31-15-5-3-14(30)4-6-15/h1-2,7-10,14-15,29-30H,3-6,11H2,(H,27,28)(H,24,25,26)/t14-,15+. The number of H-pyrrole nitrogens is 1. The van der Waals surface area contributed by atoms with Gasteiger partial charge in [-0.1, -0.05) is 0 Å². The van der Waals surface area contributed by atoms with Crippen LogP contribution in [0.4, 0.5) is 16.0 Å². The van der Waals surface area contributed by atoms with Crippen molar-refractivity contribution in [1.82, 2.24) is 20.2 Å². The molecule has 4 N–H and O–H groups in total. The van der Waals surface area contributed by atoms with Gasteiger partial charge in [0.15, 0.2) is 11.6 Å². The summed E-state index contributed by atoms with van der Waals surface area (Å²) in [6, 6.07) is 8.50. The molecule has 8 nitrogen and oxygen atoms in total. The predicted octanol–water partition coefficient (Wildman–Crippen LogP) is 3.56. The molecule has 2 aromatic carbocycles. The lowest BCUT2D eigenvalue weighted by Crippen LogP contribution is -2.26. The summed E-state index contributed by atoms with van der Waals surface area (Å²) in [6.45, 7) is -0.144. The predicted molar refractivity (Wildman–Crippen MR) is 114 cm³/mol. The number of aromatic nitrogens is 4. The van der Waals surface area contributed by atoms with E-state index in [0.29, 0.717) is 48.2 Å². The minimum Gasteiger partial charge on any atom is -0.485 e. The summed E-state index contributed by atoms with van der Waals surface area (Å²) < 4.78 is 20.6. The molecule has 2 aromatic heterocycles. The first kappa shape index (κ1) is 19.7. The van der Waals surface area contributed by atoms with E-state index in [1.165, 1.54) is 6.07 Å². The van der Waals surface area contributed by atoms with Crippen molar-refractivity contribution in [3.8, 4) is 5.75 Å². The maximum Gasteiger partial charge on any atom is 0.227 e. The second-order valence-electron chi connectivity index (χ2n) is 7.77. The number of rotatable bonds is 5. The highest BCUT2D eigenvalue weighted by molar-refractivity contribution is 5.87. The van der Waals surface area contributed by atoms with Crippen molar-refractivity contribution in [3.63, 3.8) is 0 Å². The van der Waals surface area contributed by atoms with Gasteiger partial charge in [-0.2, -0.15) is 5.10 Å². The van der Waals surface area contributed by atoms with Gasteiger partial charge in [-0.25, -0.2) is 14.4 Å². The summed E-state index contributed by atoms with van der Waals surface area (Å²) in [5.41, 5.74) is 2.47. The molecule has 5 rings (SSSR count). The quantitative estimate of drug-likeness (QED) is 0.388. The number of nitrogens with zero attached hydrogens (tertiary/aromatic N) is 3. The van der Waals surface area contributed by atoms with Gasteiger partial charge in [-0.05, 0) is 56.0 Å². The van der Waals surface area contributed by atoms with Crippen molar-refractivity contribution >= 4 is 33.4 Å². The molecular weight excluding hydrogens is 401 g/mol. The first-order chi connectivity index (χ1) is 15.1. The molecule has 0 radical (unpaired) electrons. The Morgan fingerprint density at radius 1 is 1.16 bits per heavy atom. The van der Waals surface area contributed by atoms with Crippen LogP contribution < -0.4 is 10.1 Å². The van der Waals surface area contributed by atoms with Gasteiger partial charge in [0.25, 0.3) is 0 Å². The SMILES string of the molecule is OCc1n[nH]c2cc(Nc3ncc4ccc(F)c(O[C@H]5CC[C@@H](O)CC5)c4n3)ccc12. The van der Waals surface area contributed by atoms with Gasteiger partial charge in [-0.15, -0.1) is 0 Å². The average molecular weight is 423 g/mol. The second-order valence-corrected chi connectivity index (χ2v) is 7.77. The molecule has 0 amide bonds. The third-order valence-electron chi connectivity index (χ3n) is 5.63. The molecule has 1 aliphatic carbocycles. The molecular formula is C22H22FN5O3. The highest BCUT2D eigenvalue weighted by atomic mass is 19.1. The van der Waals surface area contributed by atoms with Crippen LogP contribution in [-0.4, -0.2) is 42.6 Å². The fourth-order valence-electron chi connectivity index (χ4n) is 3.95. The van der Waals surface area contributed by atoms with Crippen LogP contribution in [0.15, 0.2) is 36.5 Å². The number of fused-ring (bicyclic) bond motifs is 2. The summed E-state index contributed by atoms with van der Waals surface area (Å²) in [5.74, 6) is -0.0529. The number of hydrogen-bond acceptors (Lipinski definition) is 7. The van der Waals surface area contributed by atoms with Crippen molar-refractivity contribution < 1.29 is 19.3 Å². The molecule has 160 valence electrons. The Hall–Kier alpha value is -3.30. The summed E-state index contributed by atoms with van der Waals surface area (Å²) in [6.07, 6.45) is 3.80. The molecule has 0 bridgehead atoms. The number of aliphatic hydroxyl groups is 2. The third-order valence-corrected chi connectivity index (χ3v) is 5.63. The first-order valence-corrected chi connectivity index (χ1v) is 10.3. The zero-order valence-corrected chi connectivity index (χ0v) is 16.7. The number of anilines is 2. The Bertz CT molecular complexity index is 1240. The van der Waals surface area contributed by atoms with Crippen LogP contribution in [0.25, 0.3) is 21.8 Å². The largest absolute Gasteiger partial charge is 0.485 e. The highest BCUT2D eigenvalue weighted by Crippen LogP contribution is 2.32. The Balaban J connectivity index is 1.44. The van der Waals surface area contributed by atoms with Crippen LogP contribution in [-0.2, 0) is 6.61 Å². The van der Waals surface area contributed by atoms with E-state index >= 15 is 0 Å². The summed E-state index contributed by atoms with van der Waals surface area (Å²) in [4.78, 5) is 8.84. The van der Waals surface area contributed by atoms with Gasteiger partial charge < -0.3 is 20.3 Å². The van der Waals surface area contributed by atoms with Crippen LogP contribution in [0, 0.1) is 5.82 Å². The summed E-state index contributed by atoms with van der Waals surface area (Å²) in [7, 11) is 0. The maximum atomic E-state index is 14.6. The number of hydrogen-bond donors (Lipinski definition) is 4. The zero-order valence-electron chi connectivity index (χ0n) is 16.7. The van der Waals surface area contributed by atoms with Gasteiger partial charge in [0, 0.05) is 22.7 Å². The number of halogens is 1. The van der Waals surface area contributed by atoms with Gasteiger partial charge in [0.05, 0.1) is 30.0 Å². The van der Waals surface area contributed by atoms with Crippen LogP contribution >= 0.6 is 0 Å². The van der Waals surface area contributed by atoms with E-state index < -0.39 is 5.82 Å². The van der Waals surface area contributed by atoms with Crippen LogP contribution in [0.1, 0.15) is 31.4 Å². The molecule has 1 saturated carbocycles. The van der Waals surface area contributed by atoms with Crippen LogP contribution in [0.2, 0.25) is 0 Å². The maximum absolute atomic E-state index is 14.6. The molecule has 0 saturated heterocycles. The normalized spacial score (nSPS) is 19.1. The number of aromatic amines is 1. The smallest absolute Gasteiger partial charge is 0.227 e. The minimum absolute atomic E-state index is 0.112.